The van der Waals surface area contributed by atoms with Gasteiger partial charge in [0.25, 0.3) is 0 Å². The summed E-state index contributed by atoms with van der Waals surface area (Å²) in [6, 6.07) is 3.99. The molecule has 0 radical (unpaired) electrons. The van der Waals surface area contributed by atoms with Crippen molar-refractivity contribution >= 4 is 15.9 Å². The molecule has 114 valence electrons. The van der Waals surface area contributed by atoms with Gasteiger partial charge in [0.1, 0.15) is 12.4 Å². The number of benzene rings is 1. The summed E-state index contributed by atoms with van der Waals surface area (Å²) in [7, 11) is 0. The van der Waals surface area contributed by atoms with Crippen LogP contribution in [0.3, 0.4) is 0 Å². The zero-order chi connectivity index (χ0) is 15.8. The van der Waals surface area contributed by atoms with Crippen molar-refractivity contribution in [1.29, 1.82) is 0 Å². The minimum atomic E-state index is -0.842. The number of rotatable bonds is 6. The molecule has 0 spiro atoms. The third-order valence-electron chi connectivity index (χ3n) is 3.20. The quantitative estimate of drug-likeness (QED) is 0.705. The maximum absolute atomic E-state index is 10.7. The standard InChI is InChI=1S/C15H21BrO2.C2H6/c1-5-8-18-14-12(15(17,6-2)7-3)9-11(4)10-13(14)16;1-2/h5,9-10,17H,1,6-8H2,2-4H3;1-2H3. The molecular formula is C17H27BrO2. The number of aryl methyl sites for hydroxylation is 1. The van der Waals surface area contributed by atoms with Crippen molar-refractivity contribution in [2.45, 2.75) is 53.1 Å². The second-order valence-electron chi connectivity index (χ2n) is 4.46. The van der Waals surface area contributed by atoms with Crippen LogP contribution in [0.5, 0.6) is 5.75 Å². The lowest BCUT2D eigenvalue weighted by atomic mass is 9.87. The molecule has 1 aromatic carbocycles. The molecule has 3 heteroatoms. The normalized spacial score (nSPS) is 10.6. The Balaban J connectivity index is 0.00000172. The third-order valence-corrected chi connectivity index (χ3v) is 3.79. The first-order valence-electron chi connectivity index (χ1n) is 7.25. The van der Waals surface area contributed by atoms with Gasteiger partial charge in [0.2, 0.25) is 0 Å². The average molecular weight is 343 g/mol. The molecule has 0 aliphatic carbocycles. The topological polar surface area (TPSA) is 29.5 Å². The van der Waals surface area contributed by atoms with E-state index < -0.39 is 5.60 Å². The Bertz CT molecular complexity index is 423. The summed E-state index contributed by atoms with van der Waals surface area (Å²) >= 11 is 3.51. The Hall–Kier alpha value is -0.800. The van der Waals surface area contributed by atoms with Crippen LogP contribution in [-0.4, -0.2) is 11.7 Å². The summed E-state index contributed by atoms with van der Waals surface area (Å²) in [5.74, 6) is 0.715. The van der Waals surface area contributed by atoms with Crippen LogP contribution in [-0.2, 0) is 5.60 Å². The van der Waals surface area contributed by atoms with E-state index in [-0.39, 0.29) is 0 Å². The molecule has 1 aromatic rings. The fourth-order valence-electron chi connectivity index (χ4n) is 1.99. The van der Waals surface area contributed by atoms with Crippen molar-refractivity contribution < 1.29 is 9.84 Å². The molecule has 20 heavy (non-hydrogen) atoms. The zero-order valence-electron chi connectivity index (χ0n) is 13.3. The first-order valence-corrected chi connectivity index (χ1v) is 8.04. The largest absolute Gasteiger partial charge is 0.488 e. The van der Waals surface area contributed by atoms with Crippen molar-refractivity contribution in [2.75, 3.05) is 6.61 Å². The first-order chi connectivity index (χ1) is 9.48. The van der Waals surface area contributed by atoms with Crippen LogP contribution in [0.15, 0.2) is 29.3 Å². The molecule has 0 aromatic heterocycles. The molecule has 2 nitrogen and oxygen atoms in total. The third kappa shape index (κ3) is 4.64. The number of hydrogen-bond donors (Lipinski definition) is 1. The summed E-state index contributed by atoms with van der Waals surface area (Å²) in [5, 5.41) is 10.7. The Labute approximate surface area is 132 Å². The maximum Gasteiger partial charge on any atom is 0.140 e. The molecule has 0 unspecified atom stereocenters. The van der Waals surface area contributed by atoms with E-state index in [0.717, 1.165) is 15.6 Å². The van der Waals surface area contributed by atoms with Crippen LogP contribution in [0.4, 0.5) is 0 Å². The van der Waals surface area contributed by atoms with Gasteiger partial charge in [0.15, 0.2) is 0 Å². The van der Waals surface area contributed by atoms with E-state index >= 15 is 0 Å². The van der Waals surface area contributed by atoms with Gasteiger partial charge < -0.3 is 9.84 Å². The Morgan fingerprint density at radius 1 is 1.30 bits per heavy atom. The van der Waals surface area contributed by atoms with Crippen LogP contribution < -0.4 is 4.74 Å². The fourth-order valence-corrected chi connectivity index (χ4v) is 2.68. The lowest BCUT2D eigenvalue weighted by Crippen LogP contribution is -2.25. The zero-order valence-corrected chi connectivity index (χ0v) is 14.9. The van der Waals surface area contributed by atoms with E-state index in [1.807, 2.05) is 46.8 Å². The van der Waals surface area contributed by atoms with Crippen molar-refractivity contribution in [2.24, 2.45) is 0 Å². The van der Waals surface area contributed by atoms with Crippen molar-refractivity contribution in [1.82, 2.24) is 0 Å². The van der Waals surface area contributed by atoms with Gasteiger partial charge in [-0.1, -0.05) is 40.3 Å². The second-order valence-corrected chi connectivity index (χ2v) is 5.32. The second kappa shape index (κ2) is 9.19. The van der Waals surface area contributed by atoms with Crippen LogP contribution in [0.2, 0.25) is 0 Å². The number of aliphatic hydroxyl groups is 1. The first kappa shape index (κ1) is 19.2. The van der Waals surface area contributed by atoms with Crippen molar-refractivity contribution in [3.63, 3.8) is 0 Å². The van der Waals surface area contributed by atoms with Crippen LogP contribution in [0.1, 0.15) is 51.7 Å². The molecule has 0 saturated carbocycles. The van der Waals surface area contributed by atoms with E-state index in [0.29, 0.717) is 25.2 Å². The molecule has 0 bridgehead atoms. The molecular weight excluding hydrogens is 316 g/mol. The predicted octanol–water partition coefficient (Wildman–Crippen LogP) is 5.36. The number of ether oxygens (including phenoxy) is 1. The summed E-state index contributed by atoms with van der Waals surface area (Å²) in [6.45, 7) is 14.1. The van der Waals surface area contributed by atoms with Gasteiger partial charge in [-0.15, -0.1) is 0 Å². The molecule has 0 aliphatic heterocycles. The van der Waals surface area contributed by atoms with Crippen molar-refractivity contribution in [3.8, 4) is 5.75 Å². The van der Waals surface area contributed by atoms with Gasteiger partial charge in [-0.2, -0.15) is 0 Å². The fraction of sp³-hybridized carbons (Fsp3) is 0.529. The number of hydrogen-bond acceptors (Lipinski definition) is 2. The van der Waals surface area contributed by atoms with E-state index in [1.54, 1.807) is 6.08 Å². The predicted molar refractivity (Wildman–Crippen MR) is 90.4 cm³/mol. The monoisotopic (exact) mass is 342 g/mol. The summed E-state index contributed by atoms with van der Waals surface area (Å²) < 4.78 is 6.57. The highest BCUT2D eigenvalue weighted by Gasteiger charge is 2.29. The number of halogens is 1. The lowest BCUT2D eigenvalue weighted by Gasteiger charge is -2.29. The Morgan fingerprint density at radius 3 is 2.30 bits per heavy atom. The van der Waals surface area contributed by atoms with Crippen molar-refractivity contribution in [3.05, 3.63) is 40.4 Å². The SMILES string of the molecule is C=CCOc1c(Br)cc(C)cc1C(O)(CC)CC.CC. The molecule has 1 rings (SSSR count). The van der Waals surface area contributed by atoms with Gasteiger partial charge >= 0.3 is 0 Å². The molecule has 0 amide bonds. The van der Waals surface area contributed by atoms with E-state index in [1.165, 1.54) is 0 Å². The highest BCUT2D eigenvalue weighted by Crippen LogP contribution is 2.40. The van der Waals surface area contributed by atoms with Gasteiger partial charge in [-0.3, -0.25) is 0 Å². The highest BCUT2D eigenvalue weighted by atomic mass is 79.9. The van der Waals surface area contributed by atoms with Gasteiger partial charge in [-0.05, 0) is 53.4 Å². The van der Waals surface area contributed by atoms with E-state index in [2.05, 4.69) is 22.5 Å². The molecule has 0 heterocycles. The maximum atomic E-state index is 10.7. The smallest absolute Gasteiger partial charge is 0.140 e. The summed E-state index contributed by atoms with van der Waals surface area (Å²) in [6.07, 6.45) is 3.01. The average Bonchev–Trinajstić information content (AvgIpc) is 2.47. The molecule has 0 saturated heterocycles. The van der Waals surface area contributed by atoms with Gasteiger partial charge in [0.05, 0.1) is 10.1 Å². The van der Waals surface area contributed by atoms with Crippen LogP contribution >= 0.6 is 15.9 Å². The molecule has 0 fully saturated rings. The Kier molecular flexibility index (Phi) is 8.83. The highest BCUT2D eigenvalue weighted by molar-refractivity contribution is 9.10. The van der Waals surface area contributed by atoms with Crippen LogP contribution in [0, 0.1) is 6.92 Å². The summed E-state index contributed by atoms with van der Waals surface area (Å²) in [5.41, 5.74) is 1.11. The van der Waals surface area contributed by atoms with E-state index in [9.17, 15) is 5.11 Å². The minimum Gasteiger partial charge on any atom is -0.488 e. The lowest BCUT2D eigenvalue weighted by molar-refractivity contribution is 0.0256. The molecule has 0 aliphatic rings. The van der Waals surface area contributed by atoms with Crippen LogP contribution in [0.25, 0.3) is 0 Å². The van der Waals surface area contributed by atoms with Gasteiger partial charge in [-0.25, -0.2) is 0 Å². The summed E-state index contributed by atoms with van der Waals surface area (Å²) in [4.78, 5) is 0. The Morgan fingerprint density at radius 2 is 1.85 bits per heavy atom. The molecule has 0 atom stereocenters. The van der Waals surface area contributed by atoms with Gasteiger partial charge in [0, 0.05) is 5.56 Å². The molecule has 1 N–H and O–H groups in total. The van der Waals surface area contributed by atoms with E-state index in [4.69, 9.17) is 4.74 Å². The minimum absolute atomic E-state index is 0.429.